The number of fused-ring (bicyclic) bond motifs is 1. The number of thiophene rings is 1. The fourth-order valence-corrected chi connectivity index (χ4v) is 5.21. The predicted octanol–water partition coefficient (Wildman–Crippen LogP) is 4.83. The third kappa shape index (κ3) is 4.15. The molecule has 2 N–H and O–H groups in total. The number of carbonyl (C=O) groups excluding carboxylic acids is 2. The molecule has 5 nitrogen and oxygen atoms in total. The summed E-state index contributed by atoms with van der Waals surface area (Å²) in [4.78, 5) is 28.1. The number of carbonyl (C=O) groups is 2. The Morgan fingerprint density at radius 3 is 2.93 bits per heavy atom. The topological polar surface area (TPSA) is 61.4 Å². The zero-order chi connectivity index (χ0) is 21.4. The molecule has 1 aromatic heterocycles. The Bertz CT molecular complexity index is 1060. The van der Waals surface area contributed by atoms with Crippen LogP contribution in [-0.4, -0.2) is 27.7 Å². The highest BCUT2D eigenvalue weighted by Crippen LogP contribution is 2.35. The molecule has 30 heavy (non-hydrogen) atoms. The lowest BCUT2D eigenvalue weighted by Crippen LogP contribution is -2.43. The highest BCUT2D eigenvalue weighted by Gasteiger charge is 2.39. The van der Waals surface area contributed by atoms with Crippen LogP contribution in [0.5, 0.6) is 0 Å². The molecule has 2 heterocycles. The molecule has 2 aromatic rings. The van der Waals surface area contributed by atoms with Gasteiger partial charge in [-0.2, -0.15) is 0 Å². The Morgan fingerprint density at radius 2 is 2.20 bits per heavy atom. The van der Waals surface area contributed by atoms with E-state index in [4.69, 9.17) is 23.8 Å². The van der Waals surface area contributed by atoms with Gasteiger partial charge < -0.3 is 15.5 Å². The third-order valence-electron chi connectivity index (χ3n) is 5.58. The lowest BCUT2D eigenvalue weighted by Gasteiger charge is -2.30. The van der Waals surface area contributed by atoms with Gasteiger partial charge in [0, 0.05) is 33.9 Å². The Morgan fingerprint density at radius 1 is 1.40 bits per heavy atom. The highest BCUT2D eigenvalue weighted by atomic mass is 35.5. The molecular formula is C22H22ClN3O2S2. The van der Waals surface area contributed by atoms with E-state index in [-0.39, 0.29) is 17.7 Å². The van der Waals surface area contributed by atoms with Gasteiger partial charge >= 0.3 is 0 Å². The Balaban J connectivity index is 1.39. The number of aryl methyl sites for hydroxylation is 1. The van der Waals surface area contributed by atoms with E-state index in [0.717, 1.165) is 33.7 Å². The van der Waals surface area contributed by atoms with Crippen molar-refractivity contribution in [3.8, 4) is 0 Å². The van der Waals surface area contributed by atoms with Gasteiger partial charge in [-0.05, 0) is 55.2 Å². The second kappa shape index (κ2) is 8.49. The van der Waals surface area contributed by atoms with Crippen molar-refractivity contribution in [1.29, 1.82) is 0 Å². The number of hydrogen-bond acceptors (Lipinski definition) is 4. The fraction of sp³-hybridized carbons (Fsp3) is 0.318. The molecule has 0 bridgehead atoms. The van der Waals surface area contributed by atoms with Crippen molar-refractivity contribution < 1.29 is 9.59 Å². The first-order valence-electron chi connectivity index (χ1n) is 9.74. The molecule has 1 aliphatic carbocycles. The Hall–Kier alpha value is -2.22. The molecule has 2 aliphatic rings. The zero-order valence-corrected chi connectivity index (χ0v) is 19.0. The second-order valence-electron chi connectivity index (χ2n) is 7.70. The molecule has 1 unspecified atom stereocenters. The van der Waals surface area contributed by atoms with Crippen LogP contribution in [0.15, 0.2) is 35.7 Å². The first-order valence-corrected chi connectivity index (χ1v) is 11.4. The van der Waals surface area contributed by atoms with E-state index in [1.54, 1.807) is 16.2 Å². The minimum absolute atomic E-state index is 0.0478. The van der Waals surface area contributed by atoms with E-state index in [2.05, 4.69) is 17.2 Å². The van der Waals surface area contributed by atoms with E-state index in [1.807, 2.05) is 30.5 Å². The van der Waals surface area contributed by atoms with Crippen LogP contribution in [0, 0.1) is 6.92 Å². The van der Waals surface area contributed by atoms with Gasteiger partial charge in [-0.1, -0.05) is 29.8 Å². The lowest BCUT2D eigenvalue weighted by molar-refractivity contribution is -0.124. The molecule has 0 saturated heterocycles. The number of rotatable bonds is 4. The molecule has 4 rings (SSSR count). The number of allylic oxidation sites excluding steroid dienone is 1. The molecule has 1 aliphatic heterocycles. The molecular weight excluding hydrogens is 438 g/mol. The maximum atomic E-state index is 12.9. The van der Waals surface area contributed by atoms with Gasteiger partial charge in [-0.3, -0.25) is 9.59 Å². The van der Waals surface area contributed by atoms with Crippen molar-refractivity contribution in [2.75, 3.05) is 5.32 Å². The van der Waals surface area contributed by atoms with Gasteiger partial charge in [0.25, 0.3) is 5.91 Å². The summed E-state index contributed by atoms with van der Waals surface area (Å²) in [5, 5.41) is 9.38. The number of ketones is 1. The van der Waals surface area contributed by atoms with Crippen LogP contribution in [0.1, 0.15) is 45.6 Å². The highest BCUT2D eigenvalue weighted by molar-refractivity contribution is 7.80. The summed E-state index contributed by atoms with van der Waals surface area (Å²) in [6, 6.07) is 5.35. The third-order valence-corrected chi connectivity index (χ3v) is 7.27. The van der Waals surface area contributed by atoms with Crippen LogP contribution in [-0.2, 0) is 17.9 Å². The van der Waals surface area contributed by atoms with Crippen molar-refractivity contribution in [3.05, 3.63) is 62.3 Å². The summed E-state index contributed by atoms with van der Waals surface area (Å²) in [6.07, 6.45) is 1.83. The SMILES string of the molecule is C=C1CCC(N2Cc3c(csc3CNC(=S)Nc3ccc(C)c(Cl)c3)C2=O)C(=O)C1. The molecule has 1 saturated carbocycles. The summed E-state index contributed by atoms with van der Waals surface area (Å²) in [5.74, 6) is 0.0450. The van der Waals surface area contributed by atoms with E-state index >= 15 is 0 Å². The van der Waals surface area contributed by atoms with Gasteiger partial charge in [-0.15, -0.1) is 11.3 Å². The number of nitrogens with one attached hydrogen (secondary N) is 2. The fourth-order valence-electron chi connectivity index (χ4n) is 3.86. The number of benzene rings is 1. The summed E-state index contributed by atoms with van der Waals surface area (Å²) in [6.45, 7) is 6.85. The average Bonchev–Trinajstić information content (AvgIpc) is 3.23. The Labute approximate surface area is 190 Å². The molecule has 1 amide bonds. The zero-order valence-electron chi connectivity index (χ0n) is 16.6. The number of nitrogens with zero attached hydrogens (tertiary/aromatic N) is 1. The quantitative estimate of drug-likeness (QED) is 0.506. The maximum absolute atomic E-state index is 12.9. The minimum atomic E-state index is -0.338. The maximum Gasteiger partial charge on any atom is 0.255 e. The van der Waals surface area contributed by atoms with E-state index in [9.17, 15) is 9.59 Å². The lowest BCUT2D eigenvalue weighted by atomic mass is 9.89. The number of hydrogen-bond donors (Lipinski definition) is 2. The van der Waals surface area contributed by atoms with Crippen molar-refractivity contribution >= 4 is 57.6 Å². The molecule has 156 valence electrons. The predicted molar refractivity (Wildman–Crippen MR) is 125 cm³/mol. The number of Topliss-reactive ketones (excluding diaryl/α,β-unsaturated/α-hetero) is 1. The van der Waals surface area contributed by atoms with Crippen LogP contribution in [0.3, 0.4) is 0 Å². The second-order valence-corrected chi connectivity index (χ2v) is 9.48. The summed E-state index contributed by atoms with van der Waals surface area (Å²) in [7, 11) is 0. The molecule has 1 aromatic carbocycles. The van der Waals surface area contributed by atoms with E-state index in [1.165, 1.54) is 0 Å². The number of anilines is 1. The molecule has 0 radical (unpaired) electrons. The van der Waals surface area contributed by atoms with Crippen molar-refractivity contribution in [2.24, 2.45) is 0 Å². The van der Waals surface area contributed by atoms with Gasteiger partial charge in [-0.25, -0.2) is 0 Å². The van der Waals surface area contributed by atoms with Crippen LogP contribution in [0.4, 0.5) is 5.69 Å². The van der Waals surface area contributed by atoms with Crippen molar-refractivity contribution in [3.63, 3.8) is 0 Å². The monoisotopic (exact) mass is 459 g/mol. The van der Waals surface area contributed by atoms with E-state index in [0.29, 0.717) is 41.6 Å². The summed E-state index contributed by atoms with van der Waals surface area (Å²) in [5.41, 5.74) is 4.48. The molecule has 1 atom stereocenters. The van der Waals surface area contributed by atoms with Crippen LogP contribution in [0.25, 0.3) is 0 Å². The van der Waals surface area contributed by atoms with E-state index < -0.39 is 0 Å². The molecule has 8 heteroatoms. The number of halogens is 1. The van der Waals surface area contributed by atoms with Gasteiger partial charge in [0.2, 0.25) is 0 Å². The van der Waals surface area contributed by atoms with Gasteiger partial charge in [0.1, 0.15) is 0 Å². The van der Waals surface area contributed by atoms with Gasteiger partial charge in [0.15, 0.2) is 10.9 Å². The number of thiocarbonyl (C=S) groups is 1. The molecule has 1 fully saturated rings. The first-order chi connectivity index (χ1) is 14.3. The summed E-state index contributed by atoms with van der Waals surface area (Å²) >= 11 is 13.1. The van der Waals surface area contributed by atoms with Crippen LogP contribution < -0.4 is 10.6 Å². The number of amides is 1. The minimum Gasteiger partial charge on any atom is -0.358 e. The summed E-state index contributed by atoms with van der Waals surface area (Å²) < 4.78 is 0. The van der Waals surface area contributed by atoms with Gasteiger partial charge in [0.05, 0.1) is 18.2 Å². The standard InChI is InChI=1S/C22H22ClN3O2S2/c1-12-3-6-18(19(27)7-12)26-10-15-16(21(26)28)11-30-20(15)9-24-22(29)25-14-5-4-13(2)17(23)8-14/h4-5,8,11,18H,1,3,6-7,9-10H2,2H3,(H2,24,25,29). The average molecular weight is 460 g/mol. The normalized spacial score (nSPS) is 18.5. The first kappa shape index (κ1) is 21.0. The smallest absolute Gasteiger partial charge is 0.255 e. The van der Waals surface area contributed by atoms with Crippen LogP contribution >= 0.6 is 35.2 Å². The molecule has 0 spiro atoms. The van der Waals surface area contributed by atoms with Crippen molar-refractivity contribution in [1.82, 2.24) is 10.2 Å². The van der Waals surface area contributed by atoms with Crippen LogP contribution in [0.2, 0.25) is 5.02 Å². The Kier molecular flexibility index (Phi) is 5.95. The largest absolute Gasteiger partial charge is 0.358 e. The van der Waals surface area contributed by atoms with Crippen molar-refractivity contribution in [2.45, 2.75) is 45.3 Å².